The number of H-pyrrole nitrogens is 1. The molecular formula is C9H15N3S. The van der Waals surface area contributed by atoms with Crippen LogP contribution in [0.1, 0.15) is 18.4 Å². The Morgan fingerprint density at radius 2 is 2.38 bits per heavy atom. The average Bonchev–Trinajstić information content (AvgIpc) is 2.69. The van der Waals surface area contributed by atoms with Crippen molar-refractivity contribution in [3.05, 3.63) is 18.0 Å². The monoisotopic (exact) mass is 197 g/mol. The first-order valence-corrected chi connectivity index (χ1v) is 5.89. The van der Waals surface area contributed by atoms with Crippen molar-refractivity contribution in [2.45, 2.75) is 25.4 Å². The molecule has 1 aromatic rings. The summed E-state index contributed by atoms with van der Waals surface area (Å²) in [6.45, 7) is 0.950. The number of hydrogen-bond acceptors (Lipinski definition) is 3. The number of hydrogen-bond donors (Lipinski definition) is 2. The Bertz CT molecular complexity index is 229. The van der Waals surface area contributed by atoms with Crippen LogP contribution in [0.25, 0.3) is 0 Å². The van der Waals surface area contributed by atoms with Crippen molar-refractivity contribution in [3.8, 4) is 0 Å². The van der Waals surface area contributed by atoms with Crippen LogP contribution in [0.5, 0.6) is 0 Å². The molecule has 1 aromatic heterocycles. The summed E-state index contributed by atoms with van der Waals surface area (Å²) in [5.41, 5.74) is 1.25. The molecule has 0 unspecified atom stereocenters. The second-order valence-electron chi connectivity index (χ2n) is 3.37. The van der Waals surface area contributed by atoms with Gasteiger partial charge in [0.15, 0.2) is 0 Å². The predicted molar refractivity (Wildman–Crippen MR) is 55.8 cm³/mol. The molecular weight excluding hydrogens is 182 g/mol. The summed E-state index contributed by atoms with van der Waals surface area (Å²) in [7, 11) is 0. The molecule has 0 bridgehead atoms. The van der Waals surface area contributed by atoms with E-state index in [1.165, 1.54) is 29.9 Å². The van der Waals surface area contributed by atoms with Crippen LogP contribution in [0, 0.1) is 0 Å². The molecule has 2 heterocycles. The molecule has 0 aliphatic carbocycles. The van der Waals surface area contributed by atoms with Crippen molar-refractivity contribution < 1.29 is 0 Å². The fourth-order valence-corrected chi connectivity index (χ4v) is 2.64. The molecule has 1 fully saturated rings. The zero-order chi connectivity index (χ0) is 8.93. The number of nitrogens with zero attached hydrogens (tertiary/aromatic N) is 1. The van der Waals surface area contributed by atoms with Gasteiger partial charge in [0.1, 0.15) is 0 Å². The zero-order valence-electron chi connectivity index (χ0n) is 7.62. The highest BCUT2D eigenvalue weighted by Crippen LogP contribution is 2.17. The summed E-state index contributed by atoms with van der Waals surface area (Å²) in [6, 6.07) is 0.719. The highest BCUT2D eigenvalue weighted by atomic mass is 32.2. The Hall–Kier alpha value is -0.480. The molecule has 13 heavy (non-hydrogen) atoms. The number of aromatic amines is 1. The fourth-order valence-electron chi connectivity index (χ4n) is 1.54. The molecule has 0 aromatic carbocycles. The standard InChI is InChI=1S/C9H15N3S/c1-3-13-4-2-9(1)10-5-8-6-11-12-7-8/h6-7,9-10H,1-5H2,(H,11,12). The zero-order valence-corrected chi connectivity index (χ0v) is 8.44. The Kier molecular flexibility index (Phi) is 3.27. The van der Waals surface area contributed by atoms with Gasteiger partial charge in [-0.2, -0.15) is 16.9 Å². The Balaban J connectivity index is 1.72. The molecule has 1 aliphatic heterocycles. The number of rotatable bonds is 3. The van der Waals surface area contributed by atoms with Crippen LogP contribution in [0.2, 0.25) is 0 Å². The van der Waals surface area contributed by atoms with E-state index in [0.717, 1.165) is 12.6 Å². The molecule has 1 aliphatic rings. The third kappa shape index (κ3) is 2.74. The van der Waals surface area contributed by atoms with Crippen LogP contribution in [0.4, 0.5) is 0 Å². The van der Waals surface area contributed by atoms with Crippen molar-refractivity contribution in [2.75, 3.05) is 11.5 Å². The number of aromatic nitrogens is 2. The van der Waals surface area contributed by atoms with Crippen molar-refractivity contribution >= 4 is 11.8 Å². The lowest BCUT2D eigenvalue weighted by molar-refractivity contribution is 0.482. The summed E-state index contributed by atoms with van der Waals surface area (Å²) in [5.74, 6) is 2.62. The maximum atomic E-state index is 3.92. The first kappa shape index (κ1) is 9.09. The largest absolute Gasteiger partial charge is 0.310 e. The van der Waals surface area contributed by atoms with Gasteiger partial charge < -0.3 is 5.32 Å². The predicted octanol–water partition coefficient (Wildman–Crippen LogP) is 1.39. The summed E-state index contributed by atoms with van der Waals surface area (Å²) < 4.78 is 0. The van der Waals surface area contributed by atoms with Gasteiger partial charge >= 0.3 is 0 Å². The summed E-state index contributed by atoms with van der Waals surface area (Å²) in [6.07, 6.45) is 6.44. The van der Waals surface area contributed by atoms with Crippen LogP contribution in [0.3, 0.4) is 0 Å². The van der Waals surface area contributed by atoms with Gasteiger partial charge in [-0.05, 0) is 24.3 Å². The van der Waals surface area contributed by atoms with Gasteiger partial charge in [-0.1, -0.05) is 0 Å². The second kappa shape index (κ2) is 4.67. The normalized spacial score (nSPS) is 19.1. The van der Waals surface area contributed by atoms with Crippen LogP contribution in [0.15, 0.2) is 12.4 Å². The fraction of sp³-hybridized carbons (Fsp3) is 0.667. The van der Waals surface area contributed by atoms with E-state index in [-0.39, 0.29) is 0 Å². The maximum absolute atomic E-state index is 3.92. The molecule has 72 valence electrons. The molecule has 2 N–H and O–H groups in total. The molecule has 2 rings (SSSR count). The molecule has 3 nitrogen and oxygen atoms in total. The molecule has 0 atom stereocenters. The van der Waals surface area contributed by atoms with E-state index in [1.54, 1.807) is 0 Å². The Morgan fingerprint density at radius 3 is 3.08 bits per heavy atom. The smallest absolute Gasteiger partial charge is 0.0532 e. The average molecular weight is 197 g/mol. The van der Waals surface area contributed by atoms with Crippen molar-refractivity contribution in [3.63, 3.8) is 0 Å². The van der Waals surface area contributed by atoms with Gasteiger partial charge in [0.2, 0.25) is 0 Å². The van der Waals surface area contributed by atoms with Crippen LogP contribution in [-0.2, 0) is 6.54 Å². The lowest BCUT2D eigenvalue weighted by Gasteiger charge is -2.22. The second-order valence-corrected chi connectivity index (χ2v) is 4.60. The van der Waals surface area contributed by atoms with E-state index in [9.17, 15) is 0 Å². The molecule has 0 saturated carbocycles. The summed E-state index contributed by atoms with van der Waals surface area (Å²) in [5, 5.41) is 10.3. The third-order valence-electron chi connectivity index (χ3n) is 2.37. The van der Waals surface area contributed by atoms with E-state index in [0.29, 0.717) is 0 Å². The topological polar surface area (TPSA) is 40.7 Å². The lowest BCUT2D eigenvalue weighted by Crippen LogP contribution is -2.31. The van der Waals surface area contributed by atoms with Crippen LogP contribution >= 0.6 is 11.8 Å². The SMILES string of the molecule is c1n[nH]cc1CNC1CCSCC1. The third-order valence-corrected chi connectivity index (χ3v) is 3.42. The van der Waals surface area contributed by atoms with Gasteiger partial charge in [0.25, 0.3) is 0 Å². The minimum atomic E-state index is 0.719. The molecule has 0 amide bonds. The minimum Gasteiger partial charge on any atom is -0.310 e. The number of thioether (sulfide) groups is 1. The van der Waals surface area contributed by atoms with E-state index < -0.39 is 0 Å². The molecule has 0 radical (unpaired) electrons. The van der Waals surface area contributed by atoms with E-state index >= 15 is 0 Å². The van der Waals surface area contributed by atoms with Gasteiger partial charge in [0, 0.05) is 24.3 Å². The highest BCUT2D eigenvalue weighted by Gasteiger charge is 2.12. The van der Waals surface area contributed by atoms with Gasteiger partial charge in [-0.25, -0.2) is 0 Å². The van der Waals surface area contributed by atoms with Crippen LogP contribution < -0.4 is 5.32 Å². The summed E-state index contributed by atoms with van der Waals surface area (Å²) >= 11 is 2.06. The Labute approximate surface area is 82.7 Å². The quantitative estimate of drug-likeness (QED) is 0.769. The first-order valence-electron chi connectivity index (χ1n) is 4.74. The van der Waals surface area contributed by atoms with Gasteiger partial charge in [0.05, 0.1) is 6.20 Å². The first-order chi connectivity index (χ1) is 6.45. The summed E-state index contributed by atoms with van der Waals surface area (Å²) in [4.78, 5) is 0. The molecule has 1 saturated heterocycles. The van der Waals surface area contributed by atoms with Crippen molar-refractivity contribution in [2.24, 2.45) is 0 Å². The highest BCUT2D eigenvalue weighted by molar-refractivity contribution is 7.99. The van der Waals surface area contributed by atoms with Gasteiger partial charge in [-0.3, -0.25) is 5.10 Å². The Morgan fingerprint density at radius 1 is 1.54 bits per heavy atom. The van der Waals surface area contributed by atoms with Crippen molar-refractivity contribution in [1.82, 2.24) is 15.5 Å². The van der Waals surface area contributed by atoms with Crippen molar-refractivity contribution in [1.29, 1.82) is 0 Å². The van der Waals surface area contributed by atoms with E-state index in [4.69, 9.17) is 0 Å². The number of nitrogens with one attached hydrogen (secondary N) is 2. The van der Waals surface area contributed by atoms with E-state index in [1.807, 2.05) is 12.4 Å². The maximum Gasteiger partial charge on any atom is 0.0532 e. The van der Waals surface area contributed by atoms with E-state index in [2.05, 4.69) is 27.3 Å². The lowest BCUT2D eigenvalue weighted by atomic mass is 10.1. The van der Waals surface area contributed by atoms with Crippen LogP contribution in [-0.4, -0.2) is 27.7 Å². The molecule has 4 heteroatoms. The minimum absolute atomic E-state index is 0.719. The molecule has 0 spiro atoms. The van der Waals surface area contributed by atoms with Gasteiger partial charge in [-0.15, -0.1) is 0 Å².